The molecule has 2 rings (SSSR count). The first kappa shape index (κ1) is 15.9. The first-order chi connectivity index (χ1) is 8.99. The van der Waals surface area contributed by atoms with E-state index in [0.29, 0.717) is 11.8 Å². The van der Waals surface area contributed by atoms with Crippen LogP contribution < -0.4 is 0 Å². The van der Waals surface area contributed by atoms with Gasteiger partial charge in [0.15, 0.2) is 0 Å². The summed E-state index contributed by atoms with van der Waals surface area (Å²) >= 11 is 0.313. The van der Waals surface area contributed by atoms with E-state index in [1.54, 1.807) is 20.8 Å². The number of hydrogen-bond acceptors (Lipinski definition) is 5. The number of rotatable bonds is 2. The Morgan fingerprint density at radius 2 is 2.10 bits per heavy atom. The summed E-state index contributed by atoms with van der Waals surface area (Å²) in [7, 11) is 0. The summed E-state index contributed by atoms with van der Waals surface area (Å²) in [5.74, 6) is -0.829. The molecule has 2 aliphatic rings. The summed E-state index contributed by atoms with van der Waals surface area (Å²) < 4.78 is 49.6. The van der Waals surface area contributed by atoms with Crippen LogP contribution in [-0.2, 0) is 14.3 Å². The molecule has 0 aliphatic carbocycles. The van der Waals surface area contributed by atoms with Gasteiger partial charge in [0.25, 0.3) is 0 Å². The third kappa shape index (κ3) is 2.03. The van der Waals surface area contributed by atoms with Gasteiger partial charge in [0.2, 0.25) is 4.93 Å². The molecule has 4 nitrogen and oxygen atoms in total. The summed E-state index contributed by atoms with van der Waals surface area (Å²) in [5, 5.41) is 9.43. The normalized spacial score (nSPS) is 39.6. The number of esters is 1. The molecule has 2 bridgehead atoms. The molecule has 2 fully saturated rings. The fourth-order valence-electron chi connectivity index (χ4n) is 2.59. The van der Waals surface area contributed by atoms with Crippen molar-refractivity contribution >= 4 is 17.7 Å². The molecule has 0 saturated carbocycles. The molecule has 8 heteroatoms. The summed E-state index contributed by atoms with van der Waals surface area (Å²) in [4.78, 5) is 9.39. The molecule has 2 aliphatic heterocycles. The minimum Gasteiger partial charge on any atom is -0.465 e. The lowest BCUT2D eigenvalue weighted by atomic mass is 9.68. The number of carbonyl (C=O) groups is 1. The van der Waals surface area contributed by atoms with Crippen molar-refractivity contribution in [3.05, 3.63) is 0 Å². The Labute approximate surface area is 119 Å². The van der Waals surface area contributed by atoms with Gasteiger partial charge in [0, 0.05) is 11.8 Å². The molecule has 0 aromatic carbocycles. The van der Waals surface area contributed by atoms with Gasteiger partial charge in [-0.15, -0.1) is 0 Å². The summed E-state index contributed by atoms with van der Waals surface area (Å²) in [6.07, 6.45) is -5.33. The Balaban J connectivity index is 2.43. The minimum atomic E-state index is -4.66. The van der Waals surface area contributed by atoms with Crippen molar-refractivity contribution in [1.29, 1.82) is 0 Å². The van der Waals surface area contributed by atoms with Gasteiger partial charge < -0.3 is 14.6 Å². The van der Waals surface area contributed by atoms with Crippen LogP contribution in [0.15, 0.2) is 0 Å². The van der Waals surface area contributed by atoms with Crippen molar-refractivity contribution in [2.24, 2.45) is 5.41 Å². The molecule has 0 amide bonds. The average Bonchev–Trinajstić information content (AvgIpc) is 2.58. The van der Waals surface area contributed by atoms with Gasteiger partial charge in [0.1, 0.15) is 5.25 Å². The number of aliphatic hydroxyl groups is 1. The van der Waals surface area contributed by atoms with E-state index >= 15 is 0 Å². The Hall–Kier alpha value is -0.470. The molecule has 1 N–H and O–H groups in total. The highest BCUT2D eigenvalue weighted by Crippen LogP contribution is 2.64. The zero-order valence-corrected chi connectivity index (χ0v) is 12.2. The molecular formula is C12H17F3O4S. The smallest absolute Gasteiger partial charge is 0.427 e. The topological polar surface area (TPSA) is 55.8 Å². The first-order valence-electron chi connectivity index (χ1n) is 6.27. The van der Waals surface area contributed by atoms with E-state index in [1.807, 2.05) is 0 Å². The van der Waals surface area contributed by atoms with E-state index in [0.717, 1.165) is 0 Å². The van der Waals surface area contributed by atoms with E-state index in [1.165, 1.54) is 0 Å². The highest BCUT2D eigenvalue weighted by atomic mass is 32.2. The van der Waals surface area contributed by atoms with E-state index < -0.39 is 39.8 Å². The lowest BCUT2D eigenvalue weighted by Gasteiger charge is -2.47. The van der Waals surface area contributed by atoms with Crippen LogP contribution in [0.2, 0.25) is 0 Å². The number of ether oxygens (including phenoxy) is 2. The summed E-state index contributed by atoms with van der Waals surface area (Å²) in [5.41, 5.74) is -2.78. The summed E-state index contributed by atoms with van der Waals surface area (Å²) in [6.45, 7) is 4.52. The third-order valence-electron chi connectivity index (χ3n) is 4.01. The number of thioether (sulfide) groups is 1. The molecule has 20 heavy (non-hydrogen) atoms. The molecule has 116 valence electrons. The number of hydrogen-bond donors (Lipinski definition) is 1. The maximum absolute atomic E-state index is 13.3. The zero-order chi connectivity index (χ0) is 15.4. The van der Waals surface area contributed by atoms with Crippen LogP contribution in [0.5, 0.6) is 0 Å². The monoisotopic (exact) mass is 314 g/mol. The van der Waals surface area contributed by atoms with Gasteiger partial charge >= 0.3 is 12.1 Å². The van der Waals surface area contributed by atoms with Gasteiger partial charge in [-0.3, -0.25) is 4.79 Å². The fraction of sp³-hybridized carbons (Fsp3) is 0.917. The van der Waals surface area contributed by atoms with Crippen molar-refractivity contribution in [3.8, 4) is 0 Å². The van der Waals surface area contributed by atoms with Gasteiger partial charge in [-0.05, 0) is 6.92 Å². The van der Waals surface area contributed by atoms with Crippen molar-refractivity contribution in [1.82, 2.24) is 0 Å². The van der Waals surface area contributed by atoms with Crippen LogP contribution in [0.3, 0.4) is 0 Å². The van der Waals surface area contributed by atoms with Gasteiger partial charge in [0.05, 0.1) is 18.8 Å². The van der Waals surface area contributed by atoms with Crippen LogP contribution in [0.25, 0.3) is 0 Å². The molecule has 0 aromatic heterocycles. The lowest BCUT2D eigenvalue weighted by Crippen LogP contribution is -2.60. The fourth-order valence-corrected chi connectivity index (χ4v) is 4.29. The zero-order valence-electron chi connectivity index (χ0n) is 11.4. The Morgan fingerprint density at radius 3 is 2.60 bits per heavy atom. The predicted octanol–water partition coefficient (Wildman–Crippen LogP) is 2.10. The van der Waals surface area contributed by atoms with Crippen LogP contribution in [0, 0.1) is 5.41 Å². The predicted molar refractivity (Wildman–Crippen MR) is 66.1 cm³/mol. The maximum atomic E-state index is 13.3. The molecule has 0 spiro atoms. The van der Waals surface area contributed by atoms with E-state index in [-0.39, 0.29) is 13.2 Å². The second-order valence-corrected chi connectivity index (χ2v) is 7.14. The van der Waals surface area contributed by atoms with Crippen LogP contribution >= 0.6 is 11.8 Å². The third-order valence-corrected chi connectivity index (χ3v) is 5.71. The Bertz CT molecular complexity index is 425. The Morgan fingerprint density at radius 1 is 1.50 bits per heavy atom. The number of carbonyl (C=O) groups excluding carboxylic acids is 1. The SMILES string of the molecule is CCOC(=O)[C@H]1S[C@@]2(C(F)(F)F)C[C@@]1(O)C(C)(C)CO2. The largest absolute Gasteiger partial charge is 0.465 e. The highest BCUT2D eigenvalue weighted by molar-refractivity contribution is 8.02. The van der Waals surface area contributed by atoms with Crippen LogP contribution in [0.1, 0.15) is 27.2 Å². The average molecular weight is 314 g/mol. The standard InChI is InChI=1S/C12H17F3O4S/c1-4-18-8(16)7-10(17)5-11(20-7,12(13,14)15)19-6-9(10,2)3/h7,17H,4-6H2,1-3H3/t7-,10+,11-/m1/s1. The van der Waals surface area contributed by atoms with Gasteiger partial charge in [-0.2, -0.15) is 13.2 Å². The first-order valence-corrected chi connectivity index (χ1v) is 7.14. The highest BCUT2D eigenvalue weighted by Gasteiger charge is 2.75. The molecule has 3 atom stereocenters. The van der Waals surface area contributed by atoms with Crippen molar-refractivity contribution in [2.45, 2.75) is 49.2 Å². The molecule has 0 aromatic rings. The molecule has 0 radical (unpaired) electrons. The van der Waals surface area contributed by atoms with Crippen molar-refractivity contribution in [2.75, 3.05) is 13.2 Å². The molecule has 2 heterocycles. The van der Waals surface area contributed by atoms with Crippen molar-refractivity contribution < 1.29 is 32.5 Å². The van der Waals surface area contributed by atoms with Crippen LogP contribution in [-0.4, -0.2) is 46.2 Å². The van der Waals surface area contributed by atoms with Crippen molar-refractivity contribution in [3.63, 3.8) is 0 Å². The summed E-state index contributed by atoms with van der Waals surface area (Å²) in [6, 6.07) is 0. The number of fused-ring (bicyclic) bond motifs is 2. The quantitative estimate of drug-likeness (QED) is 0.791. The minimum absolute atomic E-state index is 0.0479. The van der Waals surface area contributed by atoms with Crippen LogP contribution in [0.4, 0.5) is 13.2 Å². The maximum Gasteiger partial charge on any atom is 0.427 e. The van der Waals surface area contributed by atoms with E-state index in [2.05, 4.69) is 0 Å². The molecule has 2 saturated heterocycles. The second kappa shape index (κ2) is 4.51. The number of alkyl halides is 3. The molecular weight excluding hydrogens is 297 g/mol. The molecule has 0 unspecified atom stereocenters. The van der Waals surface area contributed by atoms with E-state index in [4.69, 9.17) is 9.47 Å². The second-order valence-electron chi connectivity index (χ2n) is 5.77. The van der Waals surface area contributed by atoms with E-state index in [9.17, 15) is 23.1 Å². The Kier molecular flexibility index (Phi) is 3.59. The number of halogens is 3. The van der Waals surface area contributed by atoms with Gasteiger partial charge in [-0.1, -0.05) is 25.6 Å². The van der Waals surface area contributed by atoms with Gasteiger partial charge in [-0.25, -0.2) is 0 Å². The lowest BCUT2D eigenvalue weighted by molar-refractivity contribution is -0.287.